The van der Waals surface area contributed by atoms with E-state index in [9.17, 15) is 4.79 Å². The van der Waals surface area contributed by atoms with Gasteiger partial charge >= 0.3 is 5.97 Å². The molecule has 0 aliphatic heterocycles. The Morgan fingerprint density at radius 1 is 1.85 bits per heavy atom. The molecular weight excluding hydrogens is 188 g/mol. The van der Waals surface area contributed by atoms with Gasteiger partial charge in [-0.2, -0.15) is 0 Å². The fraction of sp³-hybridized carbons (Fsp3) is 0.500. The van der Waals surface area contributed by atoms with E-state index in [4.69, 9.17) is 5.11 Å². The van der Waals surface area contributed by atoms with Crippen LogP contribution >= 0.6 is 11.3 Å². The third-order valence-electron chi connectivity index (χ3n) is 1.62. The zero-order chi connectivity index (χ0) is 9.84. The van der Waals surface area contributed by atoms with Crippen LogP contribution in [0.4, 0.5) is 0 Å². The van der Waals surface area contributed by atoms with Gasteiger partial charge in [-0.05, 0) is 13.8 Å². The third-order valence-corrected chi connectivity index (χ3v) is 2.53. The minimum atomic E-state index is -0.832. The van der Waals surface area contributed by atoms with E-state index in [1.54, 1.807) is 24.5 Å². The van der Waals surface area contributed by atoms with Gasteiger partial charge < -0.3 is 5.11 Å². The second kappa shape index (κ2) is 4.34. The topological polar surface area (TPSA) is 62.2 Å². The number of hydrogen-bond donors (Lipinski definition) is 2. The predicted octanol–water partition coefficient (Wildman–Crippen LogP) is 1.01. The lowest BCUT2D eigenvalue weighted by Gasteiger charge is -2.06. The highest BCUT2D eigenvalue weighted by Crippen LogP contribution is 2.10. The monoisotopic (exact) mass is 200 g/mol. The largest absolute Gasteiger partial charge is 0.480 e. The lowest BCUT2D eigenvalue weighted by molar-refractivity contribution is -0.139. The first-order valence-corrected chi connectivity index (χ1v) is 4.78. The molecule has 0 amide bonds. The van der Waals surface area contributed by atoms with E-state index in [-0.39, 0.29) is 0 Å². The number of aromatic nitrogens is 1. The van der Waals surface area contributed by atoms with Crippen LogP contribution in [0.5, 0.6) is 0 Å². The van der Waals surface area contributed by atoms with E-state index in [2.05, 4.69) is 10.3 Å². The summed E-state index contributed by atoms with van der Waals surface area (Å²) in [6, 6.07) is -0.512. The average molecular weight is 200 g/mol. The van der Waals surface area contributed by atoms with Crippen LogP contribution in [-0.4, -0.2) is 22.1 Å². The van der Waals surface area contributed by atoms with E-state index in [0.717, 1.165) is 9.88 Å². The smallest absolute Gasteiger partial charge is 0.320 e. The molecular formula is C8H12N2O2S. The summed E-state index contributed by atoms with van der Waals surface area (Å²) in [5.41, 5.74) is 0. The number of hydrogen-bond acceptors (Lipinski definition) is 4. The summed E-state index contributed by atoms with van der Waals surface area (Å²) in [7, 11) is 0. The second-order valence-electron chi connectivity index (χ2n) is 2.79. The number of nitrogens with zero attached hydrogens (tertiary/aromatic N) is 1. The van der Waals surface area contributed by atoms with Crippen molar-refractivity contribution in [3.8, 4) is 0 Å². The molecule has 0 aromatic carbocycles. The number of carboxylic acid groups (broad SMARTS) is 1. The fourth-order valence-electron chi connectivity index (χ4n) is 0.828. The molecule has 2 N–H and O–H groups in total. The molecule has 0 unspecified atom stereocenters. The van der Waals surface area contributed by atoms with Crippen molar-refractivity contribution >= 4 is 17.3 Å². The number of aryl methyl sites for hydroxylation is 1. The van der Waals surface area contributed by atoms with Gasteiger partial charge in [-0.1, -0.05) is 0 Å². The van der Waals surface area contributed by atoms with E-state index in [1.165, 1.54) is 0 Å². The Hall–Kier alpha value is -0.940. The maximum Gasteiger partial charge on any atom is 0.320 e. The number of carboxylic acids is 1. The van der Waals surface area contributed by atoms with Crippen LogP contribution in [-0.2, 0) is 11.3 Å². The minimum Gasteiger partial charge on any atom is -0.480 e. The molecule has 0 saturated heterocycles. The summed E-state index contributed by atoms with van der Waals surface area (Å²) >= 11 is 1.57. The number of aliphatic carboxylic acids is 1. The molecule has 0 radical (unpaired) electrons. The van der Waals surface area contributed by atoms with Crippen molar-refractivity contribution in [3.63, 3.8) is 0 Å². The number of carbonyl (C=O) groups is 1. The number of thiazole rings is 1. The maximum atomic E-state index is 10.5. The van der Waals surface area contributed by atoms with Gasteiger partial charge in [0, 0.05) is 17.6 Å². The van der Waals surface area contributed by atoms with Gasteiger partial charge in [-0.15, -0.1) is 11.3 Å². The van der Waals surface area contributed by atoms with Crippen molar-refractivity contribution in [3.05, 3.63) is 16.1 Å². The first-order valence-electron chi connectivity index (χ1n) is 3.97. The fourth-order valence-corrected chi connectivity index (χ4v) is 1.57. The van der Waals surface area contributed by atoms with Crippen LogP contribution in [0.15, 0.2) is 6.20 Å². The van der Waals surface area contributed by atoms with Crippen LogP contribution in [0, 0.1) is 6.92 Å². The molecule has 0 spiro atoms. The molecule has 72 valence electrons. The molecule has 0 aliphatic rings. The van der Waals surface area contributed by atoms with Gasteiger partial charge in [0.25, 0.3) is 0 Å². The van der Waals surface area contributed by atoms with E-state index in [0.29, 0.717) is 6.54 Å². The SMILES string of the molecule is Cc1ncc(CN[C@@H](C)C(=O)O)s1. The molecule has 1 aromatic rings. The third kappa shape index (κ3) is 3.12. The number of rotatable bonds is 4. The van der Waals surface area contributed by atoms with Gasteiger partial charge in [0.05, 0.1) is 5.01 Å². The van der Waals surface area contributed by atoms with Crippen LogP contribution in [0.3, 0.4) is 0 Å². The van der Waals surface area contributed by atoms with Crippen molar-refractivity contribution < 1.29 is 9.90 Å². The van der Waals surface area contributed by atoms with E-state index in [1.807, 2.05) is 6.92 Å². The van der Waals surface area contributed by atoms with Crippen LogP contribution in [0.25, 0.3) is 0 Å². The van der Waals surface area contributed by atoms with E-state index < -0.39 is 12.0 Å². The van der Waals surface area contributed by atoms with Crippen molar-refractivity contribution in [2.45, 2.75) is 26.4 Å². The minimum absolute atomic E-state index is 0.512. The molecule has 5 heteroatoms. The van der Waals surface area contributed by atoms with Gasteiger partial charge in [-0.3, -0.25) is 10.1 Å². The Labute approximate surface area is 80.6 Å². The molecule has 4 nitrogen and oxygen atoms in total. The van der Waals surface area contributed by atoms with Crippen molar-refractivity contribution in [1.82, 2.24) is 10.3 Å². The van der Waals surface area contributed by atoms with Crippen LogP contribution in [0.2, 0.25) is 0 Å². The average Bonchev–Trinajstić information content (AvgIpc) is 2.47. The zero-order valence-electron chi connectivity index (χ0n) is 7.57. The summed E-state index contributed by atoms with van der Waals surface area (Å²) in [5, 5.41) is 12.5. The lowest BCUT2D eigenvalue weighted by Crippen LogP contribution is -2.32. The summed E-state index contributed by atoms with van der Waals surface area (Å²) in [4.78, 5) is 15.6. The first-order chi connectivity index (χ1) is 6.09. The second-order valence-corrected chi connectivity index (χ2v) is 4.11. The maximum absolute atomic E-state index is 10.5. The highest BCUT2D eigenvalue weighted by atomic mass is 32.1. The summed E-state index contributed by atoms with van der Waals surface area (Å²) in [6.45, 7) is 4.12. The Kier molecular flexibility index (Phi) is 3.39. The molecule has 1 rings (SSSR count). The van der Waals surface area contributed by atoms with Gasteiger partial charge in [0.2, 0.25) is 0 Å². The van der Waals surface area contributed by atoms with Gasteiger partial charge in [-0.25, -0.2) is 4.98 Å². The zero-order valence-corrected chi connectivity index (χ0v) is 8.39. The highest BCUT2D eigenvalue weighted by molar-refractivity contribution is 7.11. The van der Waals surface area contributed by atoms with E-state index >= 15 is 0 Å². The quantitative estimate of drug-likeness (QED) is 0.761. The van der Waals surface area contributed by atoms with Crippen LogP contribution < -0.4 is 5.32 Å². The van der Waals surface area contributed by atoms with Crippen molar-refractivity contribution in [2.75, 3.05) is 0 Å². The molecule has 13 heavy (non-hydrogen) atoms. The van der Waals surface area contributed by atoms with Crippen LogP contribution in [0.1, 0.15) is 16.8 Å². The molecule has 0 bridgehead atoms. The predicted molar refractivity (Wildman–Crippen MR) is 50.8 cm³/mol. The molecule has 1 aromatic heterocycles. The van der Waals surface area contributed by atoms with Gasteiger partial charge in [0.15, 0.2) is 0 Å². The molecule has 1 heterocycles. The molecule has 0 fully saturated rings. The summed E-state index contributed by atoms with van der Waals surface area (Å²) in [5.74, 6) is -0.832. The summed E-state index contributed by atoms with van der Waals surface area (Å²) in [6.07, 6.45) is 1.77. The van der Waals surface area contributed by atoms with Crippen molar-refractivity contribution in [2.24, 2.45) is 0 Å². The highest BCUT2D eigenvalue weighted by Gasteiger charge is 2.09. The summed E-state index contributed by atoms with van der Waals surface area (Å²) < 4.78 is 0. The Bertz CT molecular complexity index is 298. The number of nitrogens with one attached hydrogen (secondary N) is 1. The first kappa shape index (κ1) is 10.1. The standard InChI is InChI=1S/C8H12N2O2S/c1-5(8(11)12)9-3-7-4-10-6(2)13-7/h4-5,9H,3H2,1-2H3,(H,11,12)/t5-/m0/s1. The Morgan fingerprint density at radius 3 is 3.00 bits per heavy atom. The Morgan fingerprint density at radius 2 is 2.54 bits per heavy atom. The van der Waals surface area contributed by atoms with Crippen molar-refractivity contribution in [1.29, 1.82) is 0 Å². The Balaban J connectivity index is 2.39. The molecule has 0 aliphatic carbocycles. The normalized spacial score (nSPS) is 12.8. The lowest BCUT2D eigenvalue weighted by atomic mass is 10.3. The van der Waals surface area contributed by atoms with Gasteiger partial charge in [0.1, 0.15) is 6.04 Å². The molecule has 0 saturated carbocycles. The molecule has 1 atom stereocenters.